The van der Waals surface area contributed by atoms with Crippen LogP contribution in [0.15, 0.2) is 0 Å². The monoisotopic (exact) mass is 572 g/mol. The fourth-order valence-corrected chi connectivity index (χ4v) is 7.01. The van der Waals surface area contributed by atoms with E-state index in [1.807, 2.05) is 0 Å². The average molecular weight is 573 g/mol. The molecular weight excluding hydrogens is 540 g/mol. The molecule has 0 saturated carbocycles. The van der Waals surface area contributed by atoms with Crippen LogP contribution in [0.25, 0.3) is 0 Å². The van der Waals surface area contributed by atoms with E-state index in [-0.39, 0.29) is 103 Å². The Morgan fingerprint density at radius 3 is 0.649 bits per heavy atom. The van der Waals surface area contributed by atoms with E-state index in [0.29, 0.717) is 0 Å². The molecule has 0 aromatic heterocycles. The molecule has 37 heavy (non-hydrogen) atoms. The van der Waals surface area contributed by atoms with Crippen molar-refractivity contribution >= 4 is 41.7 Å². The van der Waals surface area contributed by atoms with Gasteiger partial charge in [-0.15, -0.1) is 0 Å². The maximum atomic E-state index is 15.0. The van der Waals surface area contributed by atoms with E-state index in [9.17, 15) is 0 Å². The summed E-state index contributed by atoms with van der Waals surface area (Å²) in [5.41, 5.74) is 0. The zero-order valence-corrected chi connectivity index (χ0v) is 26.2. The number of benzene rings is 2. The van der Waals surface area contributed by atoms with Gasteiger partial charge in [-0.2, -0.15) is 0 Å². The van der Waals surface area contributed by atoms with Gasteiger partial charge in [0, 0.05) is 18.7 Å². The summed E-state index contributed by atoms with van der Waals surface area (Å²) in [4.78, 5) is 15.0. The number of ether oxygens (including phenoxy) is 10. The average Bonchev–Trinajstić information content (AvgIpc) is 2.88. The first-order chi connectivity index (χ1) is 16.7. The molecule has 0 N–H and O–H groups in total. The van der Waals surface area contributed by atoms with Gasteiger partial charge in [-0.05, 0) is 0 Å². The molecule has 0 spiro atoms. The molecule has 0 aliphatic rings. The predicted octanol–water partition coefficient (Wildman–Crippen LogP) is -2.55. The second-order valence-electron chi connectivity index (χ2n) is 7.12. The number of rotatable bonds is 12. The summed E-state index contributed by atoms with van der Waals surface area (Å²) in [6.07, 6.45) is 0. The van der Waals surface area contributed by atoms with Crippen LogP contribution in [0.5, 0.6) is 57.5 Å². The Kier molecular flexibility index (Phi) is 13.7. The summed E-state index contributed by atoms with van der Waals surface area (Å²) in [5, 5.41) is 0.339. The molecule has 2 aromatic carbocycles. The van der Waals surface area contributed by atoms with Gasteiger partial charge in [-0.1, -0.05) is 6.55 Å². The standard InChI is InChI=1S/C23H33O11Si.ClH.Mg/c1-25-12-14(27-3)18(31-7)22(19(32-8)15(12)28-4)35(11,24)23-20(33-9)16(29-5)13(26-2)17(30-6)21(23)34-10;;/h1-11H3;1H;/q-1;;+2/p-1. The van der Waals surface area contributed by atoms with Gasteiger partial charge in [0.15, 0.2) is 23.0 Å². The van der Waals surface area contributed by atoms with E-state index in [1.54, 1.807) is 0 Å². The summed E-state index contributed by atoms with van der Waals surface area (Å²) in [7, 11) is 10.1. The van der Waals surface area contributed by atoms with E-state index in [2.05, 4.69) is 0 Å². The molecule has 2 aromatic rings. The van der Waals surface area contributed by atoms with E-state index in [1.165, 1.54) is 77.6 Å². The third-order valence-corrected chi connectivity index (χ3v) is 8.37. The van der Waals surface area contributed by atoms with Crippen LogP contribution < -0.4 is 74.9 Å². The van der Waals surface area contributed by atoms with E-state index >= 15 is 4.80 Å². The molecule has 0 aliphatic heterocycles. The minimum Gasteiger partial charge on any atom is -1.00 e. The van der Waals surface area contributed by atoms with Crippen molar-refractivity contribution in [3.8, 4) is 57.5 Å². The van der Waals surface area contributed by atoms with Crippen LogP contribution in [-0.4, -0.2) is 102 Å². The molecule has 11 nitrogen and oxygen atoms in total. The van der Waals surface area contributed by atoms with Crippen molar-refractivity contribution < 1.29 is 64.6 Å². The number of methoxy groups -OCH3 is 10. The fourth-order valence-electron chi connectivity index (χ4n) is 4.16. The fraction of sp³-hybridized carbons (Fsp3) is 0.478. The van der Waals surface area contributed by atoms with E-state index in [0.717, 1.165) is 0 Å². The molecule has 204 valence electrons. The third kappa shape index (κ3) is 5.60. The quantitative estimate of drug-likeness (QED) is 0.250. The number of halogens is 1. The Morgan fingerprint density at radius 1 is 0.378 bits per heavy atom. The molecule has 0 heterocycles. The maximum Gasteiger partial charge on any atom is 2.00 e. The van der Waals surface area contributed by atoms with Crippen molar-refractivity contribution in [3.05, 3.63) is 0 Å². The molecule has 0 fully saturated rings. The largest absolute Gasteiger partial charge is 2.00 e. The summed E-state index contributed by atoms with van der Waals surface area (Å²) in [5.74, 6) is 1.61. The topological polar surface area (TPSA) is 115 Å². The molecular formula is C23H33ClMgO11Si. The van der Waals surface area contributed by atoms with Gasteiger partial charge in [0.1, 0.15) is 0 Å². The SMILES string of the molecule is COc1c(OC)c(OC)c([Si](C)([O-])c2c(OC)c(OC)c(OC)c(OC)c2OC)c(OC)c1OC.[Cl-].[Mg+2]. The first-order valence-corrected chi connectivity index (χ1v) is 12.7. The number of hydrogen-bond acceptors (Lipinski definition) is 11. The second kappa shape index (κ2) is 14.6. The normalized spacial score (nSPS) is 10.3. The first-order valence-electron chi connectivity index (χ1n) is 10.3. The van der Waals surface area contributed by atoms with Crippen LogP contribution in [0.2, 0.25) is 6.55 Å². The van der Waals surface area contributed by atoms with Gasteiger partial charge in [-0.25, -0.2) is 0 Å². The Hall–Kier alpha value is -2.33. The van der Waals surface area contributed by atoms with Crippen molar-refractivity contribution in [2.24, 2.45) is 0 Å². The minimum atomic E-state index is -4.16. The van der Waals surface area contributed by atoms with E-state index < -0.39 is 8.32 Å². The maximum absolute atomic E-state index is 15.0. The van der Waals surface area contributed by atoms with Gasteiger partial charge < -0.3 is 64.6 Å². The van der Waals surface area contributed by atoms with E-state index in [4.69, 9.17) is 47.4 Å². The van der Waals surface area contributed by atoms with Crippen LogP contribution in [0.3, 0.4) is 0 Å². The van der Waals surface area contributed by atoms with Crippen molar-refractivity contribution in [1.82, 2.24) is 0 Å². The van der Waals surface area contributed by atoms with Crippen molar-refractivity contribution in [2.75, 3.05) is 71.1 Å². The Labute approximate surface area is 240 Å². The van der Waals surface area contributed by atoms with Crippen molar-refractivity contribution in [1.29, 1.82) is 0 Å². The molecule has 0 unspecified atom stereocenters. The summed E-state index contributed by atoms with van der Waals surface area (Å²) < 4.78 is 56.1. The molecule has 0 saturated heterocycles. The van der Waals surface area contributed by atoms with Crippen LogP contribution in [0.4, 0.5) is 0 Å². The number of hydrogen-bond donors (Lipinski definition) is 0. The Morgan fingerprint density at radius 2 is 0.514 bits per heavy atom. The summed E-state index contributed by atoms with van der Waals surface area (Å²) >= 11 is 0. The zero-order valence-electron chi connectivity index (χ0n) is 23.1. The predicted molar refractivity (Wildman–Crippen MR) is 135 cm³/mol. The zero-order chi connectivity index (χ0) is 26.5. The van der Waals surface area contributed by atoms with Gasteiger partial charge in [0.2, 0.25) is 34.5 Å². The summed E-state index contributed by atoms with van der Waals surface area (Å²) in [6, 6.07) is 0. The van der Waals surface area contributed by atoms with Gasteiger partial charge in [-0.3, -0.25) is 0 Å². The third-order valence-electron chi connectivity index (χ3n) is 5.55. The molecule has 0 aliphatic carbocycles. The van der Waals surface area contributed by atoms with Gasteiger partial charge in [0.25, 0.3) is 0 Å². The Balaban J connectivity index is 0.00000648. The summed E-state index contributed by atoms with van der Waals surface area (Å²) in [6.45, 7) is 1.53. The molecule has 0 amide bonds. The van der Waals surface area contributed by atoms with Gasteiger partial charge in [0.05, 0.1) is 71.1 Å². The van der Waals surface area contributed by atoms with Crippen LogP contribution in [0.1, 0.15) is 0 Å². The smallest absolute Gasteiger partial charge is 1.00 e. The second-order valence-corrected chi connectivity index (χ2v) is 10.2. The molecule has 2 rings (SSSR count). The molecule has 0 atom stereocenters. The van der Waals surface area contributed by atoms with Crippen molar-refractivity contribution in [3.63, 3.8) is 0 Å². The van der Waals surface area contributed by atoms with Crippen LogP contribution in [0, 0.1) is 0 Å². The molecule has 0 bridgehead atoms. The van der Waals surface area contributed by atoms with Crippen LogP contribution in [-0.2, 0) is 0 Å². The molecule has 14 heteroatoms. The Bertz CT molecular complexity index is 918. The molecule has 0 radical (unpaired) electrons. The minimum absolute atomic E-state index is 0. The van der Waals surface area contributed by atoms with Gasteiger partial charge >= 0.3 is 23.1 Å². The van der Waals surface area contributed by atoms with Crippen molar-refractivity contribution in [2.45, 2.75) is 6.55 Å². The van der Waals surface area contributed by atoms with Crippen LogP contribution >= 0.6 is 0 Å². The first kappa shape index (κ1) is 34.7.